The van der Waals surface area contributed by atoms with Gasteiger partial charge >= 0.3 is 12.1 Å². The molecule has 0 fully saturated rings. The van der Waals surface area contributed by atoms with Crippen molar-refractivity contribution in [3.8, 4) is 11.6 Å². The van der Waals surface area contributed by atoms with Crippen molar-refractivity contribution in [2.75, 3.05) is 10.6 Å². The first-order valence-electron chi connectivity index (χ1n) is 9.54. The summed E-state index contributed by atoms with van der Waals surface area (Å²) < 4.78 is 6.50. The van der Waals surface area contributed by atoms with Gasteiger partial charge in [0.1, 0.15) is 23.3 Å². The quantitative estimate of drug-likeness (QED) is 0.376. The number of benzene rings is 1. The number of carbonyl (C=O) groups is 2. The van der Waals surface area contributed by atoms with E-state index in [4.69, 9.17) is 4.74 Å². The van der Waals surface area contributed by atoms with Gasteiger partial charge in [0.05, 0.1) is 11.9 Å². The summed E-state index contributed by atoms with van der Waals surface area (Å²) in [6.07, 6.45) is 1.63. The number of carbonyl (C=O) groups excluding carboxylic acids is 1. The Bertz CT molecular complexity index is 1290. The molecule has 12 nitrogen and oxygen atoms in total. The van der Waals surface area contributed by atoms with Crippen molar-refractivity contribution in [1.29, 1.82) is 0 Å². The van der Waals surface area contributed by atoms with Crippen LogP contribution in [0.15, 0.2) is 42.9 Å². The molecule has 0 bridgehead atoms. The lowest BCUT2D eigenvalue weighted by Gasteiger charge is -2.13. The van der Waals surface area contributed by atoms with Gasteiger partial charge in [0, 0.05) is 17.2 Å². The molecule has 0 unspecified atom stereocenters. The fourth-order valence-electron chi connectivity index (χ4n) is 2.80. The Kier molecular flexibility index (Phi) is 5.18. The SMILES string of the molecule is CC(C)(C)c1cc(NC(=O)Nc2ccc(Oc3ncnc4[nH]ncc34)cc2)n(C(=O)O)n1. The Morgan fingerprint density at radius 2 is 1.88 bits per heavy atom. The molecule has 0 saturated heterocycles. The van der Waals surface area contributed by atoms with Crippen molar-refractivity contribution >= 4 is 34.7 Å². The highest BCUT2D eigenvalue weighted by molar-refractivity contribution is 6.00. The predicted molar refractivity (Wildman–Crippen MR) is 115 cm³/mol. The third kappa shape index (κ3) is 4.33. The summed E-state index contributed by atoms with van der Waals surface area (Å²) in [5.41, 5.74) is 1.19. The van der Waals surface area contributed by atoms with Crippen LogP contribution >= 0.6 is 0 Å². The first kappa shape index (κ1) is 20.8. The molecule has 12 heteroatoms. The molecule has 4 aromatic rings. The van der Waals surface area contributed by atoms with Crippen LogP contribution in [0.5, 0.6) is 11.6 Å². The molecule has 32 heavy (non-hydrogen) atoms. The van der Waals surface area contributed by atoms with Gasteiger partial charge in [-0.2, -0.15) is 10.2 Å². The Morgan fingerprint density at radius 1 is 1.12 bits per heavy atom. The maximum absolute atomic E-state index is 12.4. The van der Waals surface area contributed by atoms with Gasteiger partial charge in [-0.15, -0.1) is 4.68 Å². The van der Waals surface area contributed by atoms with E-state index < -0.39 is 12.1 Å². The number of hydrogen-bond acceptors (Lipinski definition) is 7. The van der Waals surface area contributed by atoms with Gasteiger partial charge in [-0.05, 0) is 24.3 Å². The fraction of sp³-hybridized carbons (Fsp3) is 0.200. The molecule has 0 aliphatic heterocycles. The summed E-state index contributed by atoms with van der Waals surface area (Å²) in [5.74, 6) is 0.891. The number of anilines is 2. The van der Waals surface area contributed by atoms with E-state index in [1.165, 1.54) is 12.4 Å². The minimum absolute atomic E-state index is 0.0489. The number of aromatic amines is 1. The second-order valence-electron chi connectivity index (χ2n) is 7.88. The van der Waals surface area contributed by atoms with Gasteiger partial charge in [0.25, 0.3) is 0 Å². The summed E-state index contributed by atoms with van der Waals surface area (Å²) in [5, 5.41) is 25.8. The summed E-state index contributed by atoms with van der Waals surface area (Å²) in [6.45, 7) is 5.69. The van der Waals surface area contributed by atoms with E-state index in [0.717, 1.165) is 4.68 Å². The van der Waals surface area contributed by atoms with Crippen LogP contribution in [0, 0.1) is 0 Å². The van der Waals surface area contributed by atoms with Crippen LogP contribution in [0.3, 0.4) is 0 Å². The summed E-state index contributed by atoms with van der Waals surface area (Å²) in [7, 11) is 0. The number of aromatic nitrogens is 6. The fourth-order valence-corrected chi connectivity index (χ4v) is 2.80. The van der Waals surface area contributed by atoms with Crippen molar-refractivity contribution in [2.45, 2.75) is 26.2 Å². The van der Waals surface area contributed by atoms with Crippen molar-refractivity contribution in [3.05, 3.63) is 48.5 Å². The molecule has 4 N–H and O–H groups in total. The molecule has 0 aliphatic carbocycles. The predicted octanol–water partition coefficient (Wildman–Crippen LogP) is 3.81. The van der Waals surface area contributed by atoms with Crippen molar-refractivity contribution < 1.29 is 19.4 Å². The maximum Gasteiger partial charge on any atom is 0.434 e. The number of urea groups is 1. The normalized spacial score (nSPS) is 11.3. The van der Waals surface area contributed by atoms with Crippen molar-refractivity contribution in [2.24, 2.45) is 0 Å². The molecule has 0 saturated carbocycles. The van der Waals surface area contributed by atoms with Crippen LogP contribution < -0.4 is 15.4 Å². The van der Waals surface area contributed by atoms with E-state index in [-0.39, 0.29) is 11.2 Å². The lowest BCUT2D eigenvalue weighted by molar-refractivity contribution is 0.193. The number of fused-ring (bicyclic) bond motifs is 1. The van der Waals surface area contributed by atoms with Gasteiger partial charge in [-0.3, -0.25) is 10.4 Å². The number of carboxylic acid groups (broad SMARTS) is 1. The lowest BCUT2D eigenvalue weighted by atomic mass is 9.92. The molecule has 2 amide bonds. The number of nitrogens with one attached hydrogen (secondary N) is 3. The zero-order chi connectivity index (χ0) is 22.9. The summed E-state index contributed by atoms with van der Waals surface area (Å²) in [6, 6.07) is 7.50. The molecule has 4 rings (SSSR count). The average Bonchev–Trinajstić information content (AvgIpc) is 3.37. The molecule has 0 atom stereocenters. The number of ether oxygens (including phenoxy) is 1. The second-order valence-corrected chi connectivity index (χ2v) is 7.88. The van der Waals surface area contributed by atoms with Crippen molar-refractivity contribution in [3.63, 3.8) is 0 Å². The van der Waals surface area contributed by atoms with E-state index in [0.29, 0.717) is 34.0 Å². The smallest absolute Gasteiger partial charge is 0.434 e. The van der Waals surface area contributed by atoms with Crippen LogP contribution in [0.1, 0.15) is 26.5 Å². The Balaban J connectivity index is 1.44. The van der Waals surface area contributed by atoms with Crippen LogP contribution in [0.2, 0.25) is 0 Å². The molecule has 164 valence electrons. The van der Waals surface area contributed by atoms with Crippen LogP contribution in [0.25, 0.3) is 11.0 Å². The monoisotopic (exact) mass is 436 g/mol. The average molecular weight is 436 g/mol. The third-order valence-electron chi connectivity index (χ3n) is 4.44. The molecule has 0 radical (unpaired) electrons. The zero-order valence-electron chi connectivity index (χ0n) is 17.4. The van der Waals surface area contributed by atoms with Gasteiger partial charge in [-0.25, -0.2) is 19.6 Å². The largest absolute Gasteiger partial charge is 0.463 e. The topological polar surface area (TPSA) is 160 Å². The second kappa shape index (κ2) is 7.98. The van der Waals surface area contributed by atoms with Gasteiger partial charge in [0.15, 0.2) is 5.65 Å². The van der Waals surface area contributed by atoms with Gasteiger partial charge in [0.2, 0.25) is 5.88 Å². The highest BCUT2D eigenvalue weighted by atomic mass is 16.5. The summed E-state index contributed by atoms with van der Waals surface area (Å²) >= 11 is 0. The molecule has 0 aliphatic rings. The number of nitrogens with zero attached hydrogens (tertiary/aromatic N) is 5. The van der Waals surface area contributed by atoms with Crippen LogP contribution in [-0.4, -0.2) is 47.2 Å². The molecule has 3 aromatic heterocycles. The van der Waals surface area contributed by atoms with Crippen LogP contribution in [0.4, 0.5) is 21.1 Å². The zero-order valence-corrected chi connectivity index (χ0v) is 17.4. The molecular weight excluding hydrogens is 416 g/mol. The van der Waals surface area contributed by atoms with E-state index in [1.807, 2.05) is 20.8 Å². The first-order valence-corrected chi connectivity index (χ1v) is 9.54. The number of amides is 2. The maximum atomic E-state index is 12.4. The van der Waals surface area contributed by atoms with E-state index in [9.17, 15) is 14.7 Å². The number of H-pyrrole nitrogens is 1. The Labute approximate surface area is 181 Å². The molecule has 0 spiro atoms. The summed E-state index contributed by atoms with van der Waals surface area (Å²) in [4.78, 5) is 32.0. The van der Waals surface area contributed by atoms with Gasteiger partial charge < -0.3 is 15.2 Å². The van der Waals surface area contributed by atoms with Crippen molar-refractivity contribution in [1.82, 2.24) is 29.9 Å². The minimum Gasteiger partial charge on any atom is -0.463 e. The highest BCUT2D eigenvalue weighted by Gasteiger charge is 2.23. The first-order chi connectivity index (χ1) is 15.2. The highest BCUT2D eigenvalue weighted by Crippen LogP contribution is 2.27. The van der Waals surface area contributed by atoms with E-state index in [2.05, 4.69) is 35.9 Å². The van der Waals surface area contributed by atoms with E-state index in [1.54, 1.807) is 30.5 Å². The molecular formula is C20H20N8O4. The number of rotatable bonds is 4. The standard InChI is InChI=1S/C20H20N8O4/c1-20(2,3)14-8-15(28(27-14)19(30)31)25-18(29)24-11-4-6-12(7-5-11)32-17-13-9-23-26-16(13)21-10-22-17/h4-10H,1-3H3,(H,30,31)(H2,24,25,29)(H,21,22,23,26). The van der Waals surface area contributed by atoms with Gasteiger partial charge in [-0.1, -0.05) is 20.8 Å². The minimum atomic E-state index is -1.30. The third-order valence-corrected chi connectivity index (χ3v) is 4.44. The Morgan fingerprint density at radius 3 is 2.56 bits per heavy atom. The number of hydrogen-bond donors (Lipinski definition) is 4. The lowest BCUT2D eigenvalue weighted by Crippen LogP contribution is -2.23. The van der Waals surface area contributed by atoms with Crippen LogP contribution in [-0.2, 0) is 5.41 Å². The molecule has 1 aromatic carbocycles. The van der Waals surface area contributed by atoms with E-state index >= 15 is 0 Å². The Hall–Kier alpha value is -4.48. The molecule has 3 heterocycles.